The molecule has 0 aromatic carbocycles. The van der Waals surface area contributed by atoms with Gasteiger partial charge in [-0.15, -0.1) is 0 Å². The molecule has 0 bridgehead atoms. The molecule has 0 amide bonds. The number of aryl methyl sites for hydroxylation is 1. The molecule has 18 heavy (non-hydrogen) atoms. The number of anilines is 1. The molecule has 1 aromatic heterocycles. The average Bonchev–Trinajstić information content (AvgIpc) is 2.42. The predicted molar refractivity (Wildman–Crippen MR) is 74.5 cm³/mol. The van der Waals surface area contributed by atoms with Gasteiger partial charge in [-0.1, -0.05) is 13.8 Å². The molecule has 4 heteroatoms. The number of nitrogens with zero attached hydrogens (tertiary/aromatic N) is 2. The van der Waals surface area contributed by atoms with Crippen LogP contribution in [0.5, 0.6) is 0 Å². The monoisotopic (exact) mass is 248 g/mol. The van der Waals surface area contributed by atoms with E-state index in [4.69, 9.17) is 5.73 Å². The van der Waals surface area contributed by atoms with E-state index in [9.17, 15) is 0 Å². The summed E-state index contributed by atoms with van der Waals surface area (Å²) in [6, 6.07) is 2.04. The minimum atomic E-state index is 0.0336. The number of nitrogens with two attached hydrogens (primary N) is 1. The van der Waals surface area contributed by atoms with E-state index in [-0.39, 0.29) is 5.54 Å². The van der Waals surface area contributed by atoms with Crippen LogP contribution < -0.4 is 11.1 Å². The molecule has 1 aliphatic carbocycles. The third-order valence-corrected chi connectivity index (χ3v) is 4.10. The second-order valence-corrected chi connectivity index (χ2v) is 5.54. The predicted octanol–water partition coefficient (Wildman–Crippen LogP) is 2.36. The van der Waals surface area contributed by atoms with Crippen molar-refractivity contribution in [2.24, 2.45) is 11.7 Å². The van der Waals surface area contributed by atoms with Gasteiger partial charge < -0.3 is 11.1 Å². The fourth-order valence-electron chi connectivity index (χ4n) is 2.63. The molecular weight excluding hydrogens is 224 g/mol. The SMILES string of the molecule is CCc1cc(NC2(CN)CCC(C)CC2)ncn1. The Morgan fingerprint density at radius 1 is 1.39 bits per heavy atom. The largest absolute Gasteiger partial charge is 0.363 e. The lowest BCUT2D eigenvalue weighted by Crippen LogP contribution is -2.48. The summed E-state index contributed by atoms with van der Waals surface area (Å²) in [5, 5.41) is 3.56. The quantitative estimate of drug-likeness (QED) is 0.858. The highest BCUT2D eigenvalue weighted by molar-refractivity contribution is 5.38. The Hall–Kier alpha value is -1.16. The van der Waals surface area contributed by atoms with Crippen LogP contribution in [0.25, 0.3) is 0 Å². The summed E-state index contributed by atoms with van der Waals surface area (Å²) < 4.78 is 0. The molecule has 100 valence electrons. The van der Waals surface area contributed by atoms with Crippen LogP contribution in [-0.2, 0) is 6.42 Å². The van der Waals surface area contributed by atoms with Crippen molar-refractivity contribution < 1.29 is 0 Å². The first-order valence-electron chi connectivity index (χ1n) is 6.96. The van der Waals surface area contributed by atoms with Crippen molar-refractivity contribution >= 4 is 5.82 Å². The minimum Gasteiger partial charge on any atom is -0.363 e. The molecule has 0 atom stereocenters. The van der Waals surface area contributed by atoms with Crippen molar-refractivity contribution in [1.29, 1.82) is 0 Å². The van der Waals surface area contributed by atoms with Gasteiger partial charge in [-0.05, 0) is 38.0 Å². The minimum absolute atomic E-state index is 0.0336. The molecule has 4 nitrogen and oxygen atoms in total. The highest BCUT2D eigenvalue weighted by Crippen LogP contribution is 2.33. The second-order valence-electron chi connectivity index (χ2n) is 5.54. The zero-order valence-electron chi connectivity index (χ0n) is 11.4. The lowest BCUT2D eigenvalue weighted by atomic mass is 9.77. The Morgan fingerprint density at radius 2 is 2.11 bits per heavy atom. The van der Waals surface area contributed by atoms with Crippen LogP contribution in [0.1, 0.15) is 45.2 Å². The van der Waals surface area contributed by atoms with Gasteiger partial charge in [-0.3, -0.25) is 0 Å². The van der Waals surface area contributed by atoms with E-state index < -0.39 is 0 Å². The van der Waals surface area contributed by atoms with Crippen LogP contribution in [0, 0.1) is 5.92 Å². The van der Waals surface area contributed by atoms with Gasteiger partial charge in [-0.25, -0.2) is 9.97 Å². The van der Waals surface area contributed by atoms with Gasteiger partial charge in [0, 0.05) is 18.3 Å². The van der Waals surface area contributed by atoms with E-state index in [2.05, 4.69) is 29.1 Å². The smallest absolute Gasteiger partial charge is 0.130 e. The molecule has 1 saturated carbocycles. The number of hydrogen-bond donors (Lipinski definition) is 2. The van der Waals surface area contributed by atoms with E-state index in [1.165, 1.54) is 12.8 Å². The molecule has 0 radical (unpaired) electrons. The summed E-state index contributed by atoms with van der Waals surface area (Å²) in [5.41, 5.74) is 7.10. The van der Waals surface area contributed by atoms with Crippen molar-refractivity contribution in [2.75, 3.05) is 11.9 Å². The van der Waals surface area contributed by atoms with Crippen LogP contribution in [-0.4, -0.2) is 22.1 Å². The average molecular weight is 248 g/mol. The first-order chi connectivity index (χ1) is 8.67. The molecule has 3 N–H and O–H groups in total. The van der Waals surface area contributed by atoms with Gasteiger partial charge in [0.25, 0.3) is 0 Å². The van der Waals surface area contributed by atoms with Crippen molar-refractivity contribution in [3.63, 3.8) is 0 Å². The molecule has 2 rings (SSSR count). The fraction of sp³-hybridized carbons (Fsp3) is 0.714. The maximum absolute atomic E-state index is 6.00. The summed E-state index contributed by atoms with van der Waals surface area (Å²) in [6.07, 6.45) is 7.33. The maximum Gasteiger partial charge on any atom is 0.130 e. The van der Waals surface area contributed by atoms with Crippen LogP contribution >= 0.6 is 0 Å². The summed E-state index contributed by atoms with van der Waals surface area (Å²) in [7, 11) is 0. The van der Waals surface area contributed by atoms with Crippen LogP contribution in [0.4, 0.5) is 5.82 Å². The molecule has 1 aliphatic rings. The zero-order valence-corrected chi connectivity index (χ0v) is 11.4. The molecule has 1 heterocycles. The molecule has 0 aliphatic heterocycles. The highest BCUT2D eigenvalue weighted by Gasteiger charge is 2.33. The van der Waals surface area contributed by atoms with Crippen molar-refractivity contribution in [3.05, 3.63) is 18.1 Å². The van der Waals surface area contributed by atoms with Crippen molar-refractivity contribution in [3.8, 4) is 0 Å². The standard InChI is InChI=1S/C14H24N4/c1-3-12-8-13(17-10-16-12)18-14(9-15)6-4-11(2)5-7-14/h8,10-11H,3-7,9,15H2,1-2H3,(H,16,17,18). The molecule has 0 unspecified atom stereocenters. The van der Waals surface area contributed by atoms with Crippen LogP contribution in [0.3, 0.4) is 0 Å². The molecule has 0 spiro atoms. The fourth-order valence-corrected chi connectivity index (χ4v) is 2.63. The third-order valence-electron chi connectivity index (χ3n) is 4.10. The Morgan fingerprint density at radius 3 is 2.72 bits per heavy atom. The van der Waals surface area contributed by atoms with Gasteiger partial charge in [0.05, 0.1) is 5.54 Å². The van der Waals surface area contributed by atoms with Gasteiger partial charge in [-0.2, -0.15) is 0 Å². The lowest BCUT2D eigenvalue weighted by Gasteiger charge is -2.39. The molecule has 0 saturated heterocycles. The molecule has 1 fully saturated rings. The normalized spacial score (nSPS) is 28.1. The summed E-state index contributed by atoms with van der Waals surface area (Å²) in [5.74, 6) is 1.74. The zero-order chi connectivity index (χ0) is 13.0. The number of aromatic nitrogens is 2. The van der Waals surface area contributed by atoms with Gasteiger partial charge in [0.15, 0.2) is 0 Å². The van der Waals surface area contributed by atoms with Gasteiger partial charge in [0.2, 0.25) is 0 Å². The van der Waals surface area contributed by atoms with Gasteiger partial charge in [0.1, 0.15) is 12.1 Å². The van der Waals surface area contributed by atoms with Crippen molar-refractivity contribution in [1.82, 2.24) is 9.97 Å². The number of nitrogens with one attached hydrogen (secondary N) is 1. The Kier molecular flexibility index (Phi) is 4.17. The summed E-state index contributed by atoms with van der Waals surface area (Å²) in [4.78, 5) is 8.54. The summed E-state index contributed by atoms with van der Waals surface area (Å²) >= 11 is 0. The number of rotatable bonds is 4. The first kappa shape index (κ1) is 13.3. The van der Waals surface area contributed by atoms with Crippen LogP contribution in [0.2, 0.25) is 0 Å². The Labute approximate surface area is 109 Å². The highest BCUT2D eigenvalue weighted by atomic mass is 15.1. The van der Waals surface area contributed by atoms with E-state index in [0.717, 1.165) is 36.7 Å². The number of hydrogen-bond acceptors (Lipinski definition) is 4. The maximum atomic E-state index is 6.00. The molecule has 1 aromatic rings. The van der Waals surface area contributed by atoms with Crippen molar-refractivity contribution in [2.45, 2.75) is 51.5 Å². The van der Waals surface area contributed by atoms with Crippen LogP contribution in [0.15, 0.2) is 12.4 Å². The van der Waals surface area contributed by atoms with E-state index in [1.54, 1.807) is 6.33 Å². The lowest BCUT2D eigenvalue weighted by molar-refractivity contribution is 0.271. The topological polar surface area (TPSA) is 63.8 Å². The molecular formula is C14H24N4. The summed E-state index contributed by atoms with van der Waals surface area (Å²) in [6.45, 7) is 5.10. The first-order valence-corrected chi connectivity index (χ1v) is 6.96. The van der Waals surface area contributed by atoms with E-state index in [0.29, 0.717) is 6.54 Å². The van der Waals surface area contributed by atoms with E-state index >= 15 is 0 Å². The van der Waals surface area contributed by atoms with E-state index in [1.807, 2.05) is 6.07 Å². The third kappa shape index (κ3) is 2.99. The second kappa shape index (κ2) is 5.65. The Bertz CT molecular complexity index is 383. The van der Waals surface area contributed by atoms with Gasteiger partial charge >= 0.3 is 0 Å². The Balaban J connectivity index is 2.09.